The van der Waals surface area contributed by atoms with E-state index in [0.717, 1.165) is 18.6 Å². The molecule has 72 valence electrons. The van der Waals surface area contributed by atoms with Crippen LogP contribution in [0.15, 0.2) is 24.3 Å². The minimum Gasteiger partial charge on any atom is -0.491 e. The van der Waals surface area contributed by atoms with Gasteiger partial charge in [-0.2, -0.15) is 0 Å². The maximum atomic E-state index is 8.62. The van der Waals surface area contributed by atoms with Gasteiger partial charge in [-0.3, -0.25) is 0 Å². The average molecular weight is 180 g/mol. The van der Waals surface area contributed by atoms with Crippen LogP contribution < -0.4 is 4.74 Å². The van der Waals surface area contributed by atoms with Crippen molar-refractivity contribution in [1.29, 1.82) is 0 Å². The number of para-hydroxylation sites is 1. The van der Waals surface area contributed by atoms with E-state index in [1.54, 1.807) is 0 Å². The van der Waals surface area contributed by atoms with Crippen molar-refractivity contribution < 1.29 is 9.84 Å². The summed E-state index contributed by atoms with van der Waals surface area (Å²) in [6.45, 7) is 2.59. The van der Waals surface area contributed by atoms with Crippen molar-refractivity contribution in [2.75, 3.05) is 13.2 Å². The third-order valence-electron chi connectivity index (χ3n) is 1.84. The lowest BCUT2D eigenvalue weighted by atomic mass is 10.1. The van der Waals surface area contributed by atoms with Crippen LogP contribution in [0.25, 0.3) is 0 Å². The summed E-state index contributed by atoms with van der Waals surface area (Å²) in [4.78, 5) is 0. The number of aryl methyl sites for hydroxylation is 1. The van der Waals surface area contributed by atoms with E-state index in [0.29, 0.717) is 6.61 Å². The number of ether oxygens (including phenoxy) is 1. The first-order chi connectivity index (χ1) is 6.38. The van der Waals surface area contributed by atoms with Crippen molar-refractivity contribution >= 4 is 0 Å². The molecule has 2 heteroatoms. The lowest BCUT2D eigenvalue weighted by Crippen LogP contribution is -2.03. The van der Waals surface area contributed by atoms with Gasteiger partial charge in [0.25, 0.3) is 0 Å². The normalized spacial score (nSPS) is 10.0. The predicted molar refractivity (Wildman–Crippen MR) is 53.0 cm³/mol. The number of hydrogen-bond acceptors (Lipinski definition) is 2. The summed E-state index contributed by atoms with van der Waals surface area (Å²) in [6.07, 6.45) is 2.14. The van der Waals surface area contributed by atoms with Gasteiger partial charge in [0.1, 0.15) is 12.4 Å². The molecular formula is C11H16O2. The average Bonchev–Trinajstić information content (AvgIpc) is 2.17. The maximum absolute atomic E-state index is 8.62. The zero-order valence-corrected chi connectivity index (χ0v) is 7.99. The summed E-state index contributed by atoms with van der Waals surface area (Å²) >= 11 is 0. The van der Waals surface area contributed by atoms with Crippen molar-refractivity contribution in [3.05, 3.63) is 29.8 Å². The van der Waals surface area contributed by atoms with Crippen molar-refractivity contribution in [2.45, 2.75) is 19.8 Å². The summed E-state index contributed by atoms with van der Waals surface area (Å²) in [5.74, 6) is 0.901. The fraction of sp³-hybridized carbons (Fsp3) is 0.455. The monoisotopic (exact) mass is 180 g/mol. The molecule has 0 radical (unpaired) electrons. The largest absolute Gasteiger partial charge is 0.491 e. The Bertz CT molecular complexity index is 246. The Hall–Kier alpha value is -1.02. The minimum absolute atomic E-state index is 0.0699. The van der Waals surface area contributed by atoms with Crippen LogP contribution in [0.4, 0.5) is 0 Å². The van der Waals surface area contributed by atoms with E-state index in [9.17, 15) is 0 Å². The van der Waals surface area contributed by atoms with Crippen LogP contribution in [0.1, 0.15) is 18.9 Å². The summed E-state index contributed by atoms with van der Waals surface area (Å²) in [7, 11) is 0. The lowest BCUT2D eigenvalue weighted by Gasteiger charge is -2.09. The molecule has 0 spiro atoms. The van der Waals surface area contributed by atoms with Crippen LogP contribution in [0, 0.1) is 0 Å². The van der Waals surface area contributed by atoms with Crippen LogP contribution in [0.5, 0.6) is 5.75 Å². The van der Waals surface area contributed by atoms with Crippen molar-refractivity contribution in [1.82, 2.24) is 0 Å². The fourth-order valence-electron chi connectivity index (χ4n) is 1.28. The van der Waals surface area contributed by atoms with Crippen LogP contribution in [-0.2, 0) is 6.42 Å². The van der Waals surface area contributed by atoms with E-state index in [4.69, 9.17) is 9.84 Å². The highest BCUT2D eigenvalue weighted by Gasteiger charge is 2.00. The van der Waals surface area contributed by atoms with Gasteiger partial charge < -0.3 is 9.84 Å². The van der Waals surface area contributed by atoms with Gasteiger partial charge in [0.05, 0.1) is 6.61 Å². The lowest BCUT2D eigenvalue weighted by molar-refractivity contribution is 0.200. The number of benzene rings is 1. The van der Waals surface area contributed by atoms with E-state index in [1.165, 1.54) is 5.56 Å². The summed E-state index contributed by atoms with van der Waals surface area (Å²) < 4.78 is 5.39. The molecule has 0 heterocycles. The third kappa shape index (κ3) is 3.07. The number of hydrogen-bond donors (Lipinski definition) is 1. The molecular weight excluding hydrogens is 164 g/mol. The molecule has 13 heavy (non-hydrogen) atoms. The highest BCUT2D eigenvalue weighted by Crippen LogP contribution is 2.18. The van der Waals surface area contributed by atoms with E-state index in [1.807, 2.05) is 18.2 Å². The summed E-state index contributed by atoms with van der Waals surface area (Å²) in [5, 5.41) is 8.62. The van der Waals surface area contributed by atoms with E-state index in [2.05, 4.69) is 13.0 Å². The first-order valence-electron chi connectivity index (χ1n) is 4.70. The first-order valence-corrected chi connectivity index (χ1v) is 4.70. The van der Waals surface area contributed by atoms with Crippen molar-refractivity contribution in [2.24, 2.45) is 0 Å². The highest BCUT2D eigenvalue weighted by atomic mass is 16.5. The molecule has 1 rings (SSSR count). The zero-order valence-electron chi connectivity index (χ0n) is 7.99. The number of aliphatic hydroxyl groups excluding tert-OH is 1. The van der Waals surface area contributed by atoms with Gasteiger partial charge in [-0.15, -0.1) is 0 Å². The molecule has 1 aromatic carbocycles. The Morgan fingerprint density at radius 3 is 2.77 bits per heavy atom. The second kappa shape index (κ2) is 5.60. The van der Waals surface area contributed by atoms with E-state index >= 15 is 0 Å². The molecule has 0 aliphatic heterocycles. The van der Waals surface area contributed by atoms with Crippen LogP contribution in [0.3, 0.4) is 0 Å². The zero-order chi connectivity index (χ0) is 9.52. The molecule has 0 unspecified atom stereocenters. The molecule has 0 aromatic heterocycles. The summed E-state index contributed by atoms with van der Waals surface area (Å²) in [6, 6.07) is 7.97. The smallest absolute Gasteiger partial charge is 0.122 e. The molecule has 0 saturated heterocycles. The van der Waals surface area contributed by atoms with Gasteiger partial charge in [-0.1, -0.05) is 31.5 Å². The van der Waals surface area contributed by atoms with E-state index in [-0.39, 0.29) is 6.61 Å². The fourth-order valence-corrected chi connectivity index (χ4v) is 1.28. The van der Waals surface area contributed by atoms with E-state index < -0.39 is 0 Å². The predicted octanol–water partition coefficient (Wildman–Crippen LogP) is 2.01. The Labute approximate surface area is 79.2 Å². The highest BCUT2D eigenvalue weighted by molar-refractivity contribution is 5.33. The Morgan fingerprint density at radius 1 is 1.31 bits per heavy atom. The van der Waals surface area contributed by atoms with Gasteiger partial charge >= 0.3 is 0 Å². The topological polar surface area (TPSA) is 29.5 Å². The second-order valence-electron chi connectivity index (χ2n) is 2.93. The molecule has 1 aromatic rings. The maximum Gasteiger partial charge on any atom is 0.122 e. The van der Waals surface area contributed by atoms with Crippen LogP contribution in [-0.4, -0.2) is 18.3 Å². The molecule has 2 nitrogen and oxygen atoms in total. The van der Waals surface area contributed by atoms with Gasteiger partial charge in [0, 0.05) is 0 Å². The third-order valence-corrected chi connectivity index (χ3v) is 1.84. The molecule has 0 aliphatic rings. The molecule has 0 bridgehead atoms. The quantitative estimate of drug-likeness (QED) is 0.751. The molecule has 0 saturated carbocycles. The second-order valence-corrected chi connectivity index (χ2v) is 2.93. The molecule has 0 aliphatic carbocycles. The first kappa shape index (κ1) is 10.1. The van der Waals surface area contributed by atoms with Gasteiger partial charge in [0.15, 0.2) is 0 Å². The Kier molecular flexibility index (Phi) is 4.33. The number of rotatable bonds is 5. The Morgan fingerprint density at radius 2 is 2.08 bits per heavy atom. The Balaban J connectivity index is 2.66. The van der Waals surface area contributed by atoms with Crippen LogP contribution >= 0.6 is 0 Å². The minimum atomic E-state index is 0.0699. The van der Waals surface area contributed by atoms with Gasteiger partial charge in [-0.05, 0) is 18.1 Å². The van der Waals surface area contributed by atoms with Gasteiger partial charge in [-0.25, -0.2) is 0 Å². The number of aliphatic hydroxyl groups is 1. The molecule has 0 amide bonds. The van der Waals surface area contributed by atoms with Gasteiger partial charge in [0.2, 0.25) is 0 Å². The molecule has 0 atom stereocenters. The van der Waals surface area contributed by atoms with Crippen molar-refractivity contribution in [3.63, 3.8) is 0 Å². The standard InChI is InChI=1S/C11H16O2/c1-2-5-10-6-3-4-7-11(10)13-9-8-12/h3-4,6-7,12H,2,5,8-9H2,1H3. The molecule has 0 fully saturated rings. The van der Waals surface area contributed by atoms with Crippen molar-refractivity contribution in [3.8, 4) is 5.75 Å². The SMILES string of the molecule is CCCc1ccccc1OCCO. The summed E-state index contributed by atoms with van der Waals surface area (Å²) in [5.41, 5.74) is 1.22. The molecule has 1 N–H and O–H groups in total. The van der Waals surface area contributed by atoms with Crippen LogP contribution in [0.2, 0.25) is 0 Å².